The van der Waals surface area contributed by atoms with E-state index in [0.717, 1.165) is 18.6 Å². The Hall–Kier alpha value is -0.670. The molecule has 1 aromatic rings. The molecule has 1 saturated heterocycles. The molecule has 0 amide bonds. The van der Waals surface area contributed by atoms with Crippen molar-refractivity contribution in [3.8, 4) is 0 Å². The smallest absolute Gasteiger partial charge is 0.0551 e. The van der Waals surface area contributed by atoms with Gasteiger partial charge >= 0.3 is 0 Å². The van der Waals surface area contributed by atoms with Crippen LogP contribution >= 0.6 is 0 Å². The highest BCUT2D eigenvalue weighted by atomic mass is 32.2. The van der Waals surface area contributed by atoms with Gasteiger partial charge in [0.1, 0.15) is 0 Å². The van der Waals surface area contributed by atoms with Crippen LogP contribution in [-0.2, 0) is 16.2 Å². The Morgan fingerprint density at radius 2 is 2.11 bits per heavy atom. The molecule has 1 aliphatic heterocycles. The van der Waals surface area contributed by atoms with Crippen LogP contribution in [0.3, 0.4) is 0 Å². The Kier molecular flexibility index (Phi) is 3.30. The number of hydrogen-bond acceptors (Lipinski definition) is 2. The van der Waals surface area contributed by atoms with E-state index < -0.39 is 10.8 Å². The van der Waals surface area contributed by atoms with E-state index >= 15 is 0 Å². The molecule has 0 bridgehead atoms. The molecule has 1 heterocycles. The van der Waals surface area contributed by atoms with Crippen molar-refractivity contribution in [2.24, 2.45) is 0 Å². The van der Waals surface area contributed by atoms with Gasteiger partial charge in [0.2, 0.25) is 0 Å². The first kappa shape index (κ1) is 13.3. The number of fused-ring (bicyclic) bond motifs is 3. The molecule has 1 aromatic carbocycles. The van der Waals surface area contributed by atoms with Gasteiger partial charge in [-0.3, -0.25) is 4.21 Å². The Balaban J connectivity index is 2.06. The van der Waals surface area contributed by atoms with E-state index in [9.17, 15) is 4.21 Å². The van der Waals surface area contributed by atoms with Gasteiger partial charge in [-0.1, -0.05) is 45.0 Å². The van der Waals surface area contributed by atoms with Gasteiger partial charge in [-0.05, 0) is 29.4 Å². The summed E-state index contributed by atoms with van der Waals surface area (Å²) in [6.45, 7) is 6.74. The summed E-state index contributed by atoms with van der Waals surface area (Å²) in [6, 6.07) is 9.37. The maximum Gasteiger partial charge on any atom is 0.0551 e. The first-order chi connectivity index (χ1) is 9.03. The zero-order valence-electron chi connectivity index (χ0n) is 12.0. The SMILES string of the molecule is CCC1CS(=O)C2CC(C)(C)c3ccccc3C2N1. The van der Waals surface area contributed by atoms with Crippen molar-refractivity contribution in [3.63, 3.8) is 0 Å². The quantitative estimate of drug-likeness (QED) is 0.855. The van der Waals surface area contributed by atoms with Gasteiger partial charge in [0, 0.05) is 28.6 Å². The minimum absolute atomic E-state index is 0.133. The summed E-state index contributed by atoms with van der Waals surface area (Å²) in [4.78, 5) is 0. The lowest BCUT2D eigenvalue weighted by Crippen LogP contribution is -2.54. The average Bonchev–Trinajstić information content (AvgIpc) is 2.40. The van der Waals surface area contributed by atoms with Crippen LogP contribution in [0.5, 0.6) is 0 Å². The molecule has 104 valence electrons. The average molecular weight is 277 g/mol. The molecular formula is C16H23NOS. The summed E-state index contributed by atoms with van der Waals surface area (Å²) in [5.74, 6) is 0.815. The Morgan fingerprint density at radius 1 is 1.37 bits per heavy atom. The van der Waals surface area contributed by atoms with Crippen LogP contribution < -0.4 is 5.32 Å². The van der Waals surface area contributed by atoms with Crippen LogP contribution in [0, 0.1) is 0 Å². The third kappa shape index (κ3) is 2.17. The number of rotatable bonds is 1. The van der Waals surface area contributed by atoms with Crippen LogP contribution in [0.15, 0.2) is 24.3 Å². The van der Waals surface area contributed by atoms with E-state index in [1.807, 2.05) is 0 Å². The molecule has 3 rings (SSSR count). The fourth-order valence-corrected chi connectivity index (χ4v) is 5.72. The zero-order chi connectivity index (χ0) is 13.6. The predicted molar refractivity (Wildman–Crippen MR) is 80.8 cm³/mol. The van der Waals surface area contributed by atoms with Gasteiger partial charge in [-0.2, -0.15) is 0 Å². The van der Waals surface area contributed by atoms with Gasteiger partial charge in [0.25, 0.3) is 0 Å². The molecule has 0 aromatic heterocycles. The second-order valence-electron chi connectivity index (χ2n) is 6.51. The van der Waals surface area contributed by atoms with Gasteiger partial charge in [-0.25, -0.2) is 0 Å². The topological polar surface area (TPSA) is 29.1 Å². The van der Waals surface area contributed by atoms with Crippen molar-refractivity contribution >= 4 is 10.8 Å². The molecule has 4 atom stereocenters. The lowest BCUT2D eigenvalue weighted by Gasteiger charge is -2.46. The first-order valence-electron chi connectivity index (χ1n) is 7.25. The second-order valence-corrected chi connectivity index (χ2v) is 8.21. The van der Waals surface area contributed by atoms with Gasteiger partial charge in [0.15, 0.2) is 0 Å². The molecule has 3 heteroatoms. The summed E-state index contributed by atoms with van der Waals surface area (Å²) in [7, 11) is -0.703. The Morgan fingerprint density at radius 3 is 2.84 bits per heavy atom. The molecule has 2 aliphatic rings. The molecule has 4 unspecified atom stereocenters. The predicted octanol–water partition coefficient (Wildman–Crippen LogP) is 2.91. The summed E-state index contributed by atoms with van der Waals surface area (Å²) in [5.41, 5.74) is 2.93. The van der Waals surface area contributed by atoms with Crippen LogP contribution in [0.25, 0.3) is 0 Å². The molecular weight excluding hydrogens is 254 g/mol. The normalized spacial score (nSPS) is 36.4. The molecule has 1 aliphatic carbocycles. The molecule has 0 radical (unpaired) electrons. The van der Waals surface area contributed by atoms with Crippen molar-refractivity contribution in [2.45, 2.75) is 56.4 Å². The standard InChI is InChI=1S/C16H23NOS/c1-4-11-10-19(18)14-9-16(2,3)13-8-6-5-7-12(13)15(14)17-11/h5-8,11,14-15,17H,4,9-10H2,1-3H3. The Bertz CT molecular complexity index is 511. The van der Waals surface area contributed by atoms with Crippen LogP contribution in [0.2, 0.25) is 0 Å². The van der Waals surface area contributed by atoms with Gasteiger partial charge < -0.3 is 5.32 Å². The highest BCUT2D eigenvalue weighted by Crippen LogP contribution is 2.45. The maximum absolute atomic E-state index is 12.6. The minimum atomic E-state index is -0.703. The van der Waals surface area contributed by atoms with Crippen molar-refractivity contribution in [3.05, 3.63) is 35.4 Å². The van der Waals surface area contributed by atoms with E-state index in [2.05, 4.69) is 50.4 Å². The van der Waals surface area contributed by atoms with Crippen molar-refractivity contribution in [1.82, 2.24) is 5.32 Å². The van der Waals surface area contributed by atoms with Crippen molar-refractivity contribution in [2.75, 3.05) is 5.75 Å². The summed E-state index contributed by atoms with van der Waals surface area (Å²) >= 11 is 0. The lowest BCUT2D eigenvalue weighted by molar-refractivity contribution is 0.328. The van der Waals surface area contributed by atoms with E-state index in [1.54, 1.807) is 0 Å². The largest absolute Gasteiger partial charge is 0.305 e. The van der Waals surface area contributed by atoms with E-state index in [4.69, 9.17) is 0 Å². The third-order valence-corrected chi connectivity index (χ3v) is 6.56. The summed E-state index contributed by atoms with van der Waals surface area (Å²) in [5, 5.41) is 4.01. The number of nitrogens with one attached hydrogen (secondary N) is 1. The summed E-state index contributed by atoms with van der Waals surface area (Å²) in [6.07, 6.45) is 2.07. The highest BCUT2D eigenvalue weighted by Gasteiger charge is 2.44. The molecule has 1 N–H and O–H groups in total. The number of benzene rings is 1. The lowest BCUT2D eigenvalue weighted by atomic mass is 9.70. The molecule has 0 saturated carbocycles. The first-order valence-corrected chi connectivity index (χ1v) is 8.64. The van der Waals surface area contributed by atoms with E-state index in [-0.39, 0.29) is 16.7 Å². The molecule has 1 fully saturated rings. The fraction of sp³-hybridized carbons (Fsp3) is 0.625. The van der Waals surface area contributed by atoms with Crippen LogP contribution in [-0.4, -0.2) is 21.3 Å². The van der Waals surface area contributed by atoms with E-state index in [1.165, 1.54) is 11.1 Å². The maximum atomic E-state index is 12.6. The summed E-state index contributed by atoms with van der Waals surface area (Å²) < 4.78 is 12.6. The number of hydrogen-bond donors (Lipinski definition) is 1. The third-order valence-electron chi connectivity index (χ3n) is 4.72. The fourth-order valence-electron chi connectivity index (χ4n) is 3.62. The second kappa shape index (κ2) is 4.71. The molecule has 0 spiro atoms. The van der Waals surface area contributed by atoms with E-state index in [0.29, 0.717) is 6.04 Å². The molecule has 19 heavy (non-hydrogen) atoms. The minimum Gasteiger partial charge on any atom is -0.305 e. The van der Waals surface area contributed by atoms with Crippen molar-refractivity contribution in [1.29, 1.82) is 0 Å². The monoisotopic (exact) mass is 277 g/mol. The highest BCUT2D eigenvalue weighted by molar-refractivity contribution is 7.85. The zero-order valence-corrected chi connectivity index (χ0v) is 12.8. The van der Waals surface area contributed by atoms with Gasteiger partial charge in [0.05, 0.1) is 5.25 Å². The van der Waals surface area contributed by atoms with Crippen molar-refractivity contribution < 1.29 is 4.21 Å². The molecule has 2 nitrogen and oxygen atoms in total. The van der Waals surface area contributed by atoms with Gasteiger partial charge in [-0.15, -0.1) is 0 Å². The van der Waals surface area contributed by atoms with Crippen LogP contribution in [0.1, 0.15) is 50.8 Å². The van der Waals surface area contributed by atoms with Crippen LogP contribution in [0.4, 0.5) is 0 Å². The Labute approximate surface area is 118 Å².